The van der Waals surface area contributed by atoms with Gasteiger partial charge in [0.2, 0.25) is 11.7 Å². The molecule has 0 radical (unpaired) electrons. The Morgan fingerprint density at radius 3 is 2.36 bits per heavy atom. The van der Waals surface area contributed by atoms with Crippen molar-refractivity contribution in [2.45, 2.75) is 57.3 Å². The van der Waals surface area contributed by atoms with E-state index in [0.29, 0.717) is 49.4 Å². The van der Waals surface area contributed by atoms with Crippen LogP contribution in [0.15, 0.2) is 11.6 Å². The van der Waals surface area contributed by atoms with E-state index in [-0.39, 0.29) is 11.9 Å². The maximum atomic E-state index is 11.8. The second kappa shape index (κ2) is 8.41. The minimum atomic E-state index is -0.864. The molecule has 28 heavy (non-hydrogen) atoms. The molecular formula is C21H29NO6. The van der Waals surface area contributed by atoms with Crippen LogP contribution in [-0.4, -0.2) is 55.7 Å². The van der Waals surface area contributed by atoms with E-state index in [2.05, 4.69) is 5.32 Å². The Bertz CT molecular complexity index is 788. The average molecular weight is 391 g/mol. The third kappa shape index (κ3) is 3.69. The van der Waals surface area contributed by atoms with Crippen LogP contribution in [0.2, 0.25) is 0 Å². The predicted octanol–water partition coefficient (Wildman–Crippen LogP) is 1.82. The third-order valence-electron chi connectivity index (χ3n) is 5.66. The van der Waals surface area contributed by atoms with Crippen molar-refractivity contribution in [3.05, 3.63) is 22.8 Å². The highest BCUT2D eigenvalue weighted by atomic mass is 16.5. The highest BCUT2D eigenvalue weighted by Crippen LogP contribution is 2.49. The van der Waals surface area contributed by atoms with Gasteiger partial charge < -0.3 is 29.7 Å². The van der Waals surface area contributed by atoms with Gasteiger partial charge in [-0.2, -0.15) is 0 Å². The van der Waals surface area contributed by atoms with Crippen LogP contribution < -0.4 is 19.5 Å². The first-order valence-electron chi connectivity index (χ1n) is 9.58. The minimum absolute atomic E-state index is 0.121. The highest BCUT2D eigenvalue weighted by Gasteiger charge is 2.35. The van der Waals surface area contributed by atoms with Crippen molar-refractivity contribution in [3.63, 3.8) is 0 Å². The van der Waals surface area contributed by atoms with E-state index in [4.69, 9.17) is 14.2 Å². The van der Waals surface area contributed by atoms with Gasteiger partial charge in [-0.1, -0.05) is 0 Å². The first-order valence-corrected chi connectivity index (χ1v) is 9.58. The number of nitrogens with one attached hydrogen (secondary N) is 1. The first-order chi connectivity index (χ1) is 13.4. The van der Waals surface area contributed by atoms with Crippen LogP contribution in [-0.2, 0) is 11.2 Å². The van der Waals surface area contributed by atoms with Gasteiger partial charge in [-0.25, -0.2) is 0 Å². The Labute approximate surface area is 165 Å². The number of methoxy groups -OCH3 is 3. The molecule has 0 heterocycles. The zero-order chi connectivity index (χ0) is 20.4. The molecule has 0 bridgehead atoms. The van der Waals surface area contributed by atoms with Crippen LogP contribution in [0.1, 0.15) is 43.7 Å². The Kier molecular flexibility index (Phi) is 6.15. The molecule has 3 unspecified atom stereocenters. The van der Waals surface area contributed by atoms with E-state index in [9.17, 15) is 15.0 Å². The fourth-order valence-corrected chi connectivity index (χ4v) is 4.38. The number of fused-ring (bicyclic) bond motifs is 2. The monoisotopic (exact) mass is 391 g/mol. The van der Waals surface area contributed by atoms with Crippen molar-refractivity contribution in [2.75, 3.05) is 21.3 Å². The first kappa shape index (κ1) is 20.5. The van der Waals surface area contributed by atoms with Crippen LogP contribution in [0, 0.1) is 0 Å². The number of benzene rings is 1. The molecule has 0 saturated heterocycles. The lowest BCUT2D eigenvalue weighted by molar-refractivity contribution is -0.119. The average Bonchev–Trinajstić information content (AvgIpc) is 2.90. The molecule has 0 saturated carbocycles. The Morgan fingerprint density at radius 2 is 1.75 bits per heavy atom. The summed E-state index contributed by atoms with van der Waals surface area (Å²) in [7, 11) is 4.75. The maximum absolute atomic E-state index is 11.8. The summed E-state index contributed by atoms with van der Waals surface area (Å²) in [6.07, 6.45) is 1.04. The highest BCUT2D eigenvalue weighted by molar-refractivity contribution is 5.82. The van der Waals surface area contributed by atoms with Gasteiger partial charge in [-0.15, -0.1) is 0 Å². The molecule has 3 atom stereocenters. The molecule has 3 N–H and O–H groups in total. The van der Waals surface area contributed by atoms with E-state index >= 15 is 0 Å². The van der Waals surface area contributed by atoms with E-state index < -0.39 is 12.2 Å². The number of carbonyl (C=O) groups is 1. The molecule has 7 heteroatoms. The van der Waals surface area contributed by atoms with Gasteiger partial charge in [-0.05, 0) is 54.9 Å². The summed E-state index contributed by atoms with van der Waals surface area (Å²) in [4.78, 5) is 11.8. The number of aliphatic hydroxyl groups excluding tert-OH is 2. The van der Waals surface area contributed by atoms with Gasteiger partial charge in [0.1, 0.15) is 0 Å². The van der Waals surface area contributed by atoms with Gasteiger partial charge in [0.25, 0.3) is 0 Å². The standard InChI is InChI=1S/C21H29NO6/c1-11(23)22-15-7-5-12-9-18(26-2)20(27-3)21(28-4)19(12)13-6-8-16(24)17(25)10-14(13)15/h9,15-17,24-25H,5-8,10H2,1-4H3,(H,22,23). The zero-order valence-corrected chi connectivity index (χ0v) is 16.9. The van der Waals surface area contributed by atoms with Gasteiger partial charge >= 0.3 is 0 Å². The number of hydrogen-bond acceptors (Lipinski definition) is 6. The number of aliphatic hydroxyl groups is 2. The summed E-state index contributed by atoms with van der Waals surface area (Å²) >= 11 is 0. The number of allylic oxidation sites excluding steroid dienone is 1. The molecule has 0 aromatic heterocycles. The lowest BCUT2D eigenvalue weighted by Gasteiger charge is -2.24. The van der Waals surface area contributed by atoms with Crippen LogP contribution in [0.4, 0.5) is 0 Å². The predicted molar refractivity (Wildman–Crippen MR) is 105 cm³/mol. The summed E-state index contributed by atoms with van der Waals surface area (Å²) in [5.74, 6) is 1.56. The Balaban J connectivity index is 2.26. The molecule has 7 nitrogen and oxygen atoms in total. The second-order valence-corrected chi connectivity index (χ2v) is 7.35. The molecule has 1 amide bonds. The summed E-state index contributed by atoms with van der Waals surface area (Å²) in [5.41, 5.74) is 3.91. The summed E-state index contributed by atoms with van der Waals surface area (Å²) in [5, 5.41) is 23.7. The smallest absolute Gasteiger partial charge is 0.217 e. The third-order valence-corrected chi connectivity index (χ3v) is 5.66. The van der Waals surface area contributed by atoms with Gasteiger partial charge in [0.05, 0.1) is 39.6 Å². The van der Waals surface area contributed by atoms with E-state index in [1.54, 1.807) is 21.3 Å². The normalized spacial score (nSPS) is 24.4. The number of ether oxygens (including phenoxy) is 3. The van der Waals surface area contributed by atoms with Gasteiger partial charge in [0.15, 0.2) is 11.5 Å². The van der Waals surface area contributed by atoms with Crippen LogP contribution >= 0.6 is 0 Å². The van der Waals surface area contributed by atoms with Crippen molar-refractivity contribution in [1.29, 1.82) is 0 Å². The number of hydrogen-bond donors (Lipinski definition) is 3. The molecule has 154 valence electrons. The van der Waals surface area contributed by atoms with Gasteiger partial charge in [-0.3, -0.25) is 4.79 Å². The fourth-order valence-electron chi connectivity index (χ4n) is 4.38. The van der Waals surface area contributed by atoms with Crippen LogP contribution in [0.5, 0.6) is 17.2 Å². The van der Waals surface area contributed by atoms with Crippen LogP contribution in [0.3, 0.4) is 0 Å². The van der Waals surface area contributed by atoms with Crippen molar-refractivity contribution >= 4 is 11.5 Å². The van der Waals surface area contributed by atoms with E-state index in [0.717, 1.165) is 22.3 Å². The lowest BCUT2D eigenvalue weighted by Crippen LogP contribution is -2.36. The lowest BCUT2D eigenvalue weighted by atomic mass is 9.90. The van der Waals surface area contributed by atoms with Crippen molar-refractivity contribution in [1.82, 2.24) is 5.32 Å². The van der Waals surface area contributed by atoms with E-state index in [1.165, 1.54) is 6.92 Å². The minimum Gasteiger partial charge on any atom is -0.493 e. The zero-order valence-electron chi connectivity index (χ0n) is 16.9. The fraction of sp³-hybridized carbons (Fsp3) is 0.571. The van der Waals surface area contributed by atoms with Crippen molar-refractivity contribution in [3.8, 4) is 17.2 Å². The molecule has 1 aromatic rings. The topological polar surface area (TPSA) is 97.2 Å². The molecular weight excluding hydrogens is 362 g/mol. The summed E-state index contributed by atoms with van der Waals surface area (Å²) in [6.45, 7) is 1.49. The van der Waals surface area contributed by atoms with Crippen LogP contribution in [0.25, 0.3) is 5.57 Å². The number of rotatable bonds is 4. The molecule has 3 rings (SSSR count). The van der Waals surface area contributed by atoms with Crippen molar-refractivity contribution < 1.29 is 29.2 Å². The molecule has 0 aliphatic heterocycles. The Hall–Kier alpha value is -2.25. The number of carbonyl (C=O) groups excluding carboxylic acids is 1. The Morgan fingerprint density at radius 1 is 1.04 bits per heavy atom. The maximum Gasteiger partial charge on any atom is 0.217 e. The number of amides is 1. The van der Waals surface area contributed by atoms with Crippen molar-refractivity contribution in [2.24, 2.45) is 0 Å². The second-order valence-electron chi connectivity index (χ2n) is 7.35. The van der Waals surface area contributed by atoms with E-state index in [1.807, 2.05) is 6.07 Å². The number of aryl methyl sites for hydroxylation is 1. The summed E-state index contributed by atoms with van der Waals surface area (Å²) < 4.78 is 16.8. The molecule has 0 fully saturated rings. The molecule has 1 aromatic carbocycles. The largest absolute Gasteiger partial charge is 0.493 e. The van der Waals surface area contributed by atoms with Gasteiger partial charge in [0, 0.05) is 12.5 Å². The molecule has 2 aliphatic rings. The molecule has 0 spiro atoms. The quantitative estimate of drug-likeness (QED) is 0.724. The molecule has 2 aliphatic carbocycles. The SMILES string of the molecule is COc1cc2c(c(OC)c1OC)C1=C(CC(O)C(O)CC1)C(NC(C)=O)CC2. The summed E-state index contributed by atoms with van der Waals surface area (Å²) in [6, 6.07) is 1.75.